The normalized spacial score (nSPS) is 13.2. The van der Waals surface area contributed by atoms with E-state index in [1.165, 1.54) is 147 Å². The fourth-order valence-electron chi connectivity index (χ4n) is 12.3. The average Bonchev–Trinajstić information content (AvgIpc) is 4.12. The van der Waals surface area contributed by atoms with E-state index in [-0.39, 0.29) is 10.8 Å². The molecule has 0 aliphatic carbocycles. The summed E-state index contributed by atoms with van der Waals surface area (Å²) in [5.74, 6) is 0. The minimum atomic E-state index is -0.0711. The minimum Gasteiger partial charge on any atom is -0.309 e. The van der Waals surface area contributed by atoms with Crippen LogP contribution in [0.15, 0.2) is 176 Å². The highest BCUT2D eigenvalue weighted by atomic mass is 15.0. The van der Waals surface area contributed by atoms with Gasteiger partial charge in [-0.25, -0.2) is 0 Å². The van der Waals surface area contributed by atoms with Crippen molar-refractivity contribution in [3.63, 3.8) is 0 Å². The lowest BCUT2D eigenvalue weighted by molar-refractivity contribution is 0.591. The predicted octanol–water partition coefficient (Wildman–Crippen LogP) is 17.7. The van der Waals surface area contributed by atoms with Crippen LogP contribution < -0.4 is 0 Å². The number of para-hydroxylation sites is 2. The number of rotatable bonds is 2. The van der Waals surface area contributed by atoms with Gasteiger partial charge in [-0.3, -0.25) is 0 Å². The van der Waals surface area contributed by atoms with E-state index < -0.39 is 0 Å². The second-order valence-electron chi connectivity index (χ2n) is 21.4. The molecule has 0 aliphatic heterocycles. The monoisotopic (exact) mass is 857 g/mol. The molecular formula is C64H47N3. The Balaban J connectivity index is 1.13. The maximum atomic E-state index is 2.66. The standard InChI is InChI=1S/C64H47N3/c1-63(2,3)39-30-45(38-25-26-54-46(28-38)44-22-14-15-23-53(44)65(54)41-18-8-7-9-19-41)60-50(32-39)48-29-37-17-11-13-21-43(37)59-51-35-56-47(34-57(51)67(60)62(48)59)49-31-40(64(4,5)6)33-52-58-42-20-12-10-16-36(42)24-27-55(58)66(56)61(49)52/h7-35H,1-6H3. The third-order valence-electron chi connectivity index (χ3n) is 15.5. The topological polar surface area (TPSA) is 13.8 Å². The Labute approximate surface area is 387 Å². The van der Waals surface area contributed by atoms with E-state index in [1.54, 1.807) is 0 Å². The summed E-state index contributed by atoms with van der Waals surface area (Å²) < 4.78 is 7.67. The van der Waals surface area contributed by atoms with Crippen molar-refractivity contribution in [2.45, 2.75) is 52.4 Å². The van der Waals surface area contributed by atoms with Gasteiger partial charge in [0, 0.05) is 65.1 Å². The Morgan fingerprint density at radius 3 is 1.66 bits per heavy atom. The summed E-state index contributed by atoms with van der Waals surface area (Å²) in [6.07, 6.45) is 0. The van der Waals surface area contributed by atoms with Crippen molar-refractivity contribution in [1.82, 2.24) is 13.4 Å². The van der Waals surface area contributed by atoms with Crippen LogP contribution in [-0.2, 0) is 10.8 Å². The Bertz CT molecular complexity index is 4620. The first-order chi connectivity index (χ1) is 32.5. The lowest BCUT2D eigenvalue weighted by Crippen LogP contribution is -2.11. The van der Waals surface area contributed by atoms with Gasteiger partial charge in [-0.2, -0.15) is 0 Å². The molecule has 0 atom stereocenters. The van der Waals surface area contributed by atoms with Crippen molar-refractivity contribution in [3.05, 3.63) is 187 Å². The van der Waals surface area contributed by atoms with E-state index >= 15 is 0 Å². The van der Waals surface area contributed by atoms with Crippen LogP contribution in [0.3, 0.4) is 0 Å². The summed E-state index contributed by atoms with van der Waals surface area (Å²) >= 11 is 0. The van der Waals surface area contributed by atoms with Gasteiger partial charge in [0.2, 0.25) is 0 Å². The Morgan fingerprint density at radius 1 is 0.313 bits per heavy atom. The van der Waals surface area contributed by atoms with Gasteiger partial charge in [0.05, 0.1) is 44.1 Å². The summed E-state index contributed by atoms with van der Waals surface area (Å²) in [5.41, 5.74) is 16.4. The van der Waals surface area contributed by atoms with Crippen molar-refractivity contribution >= 4 is 120 Å². The maximum absolute atomic E-state index is 2.66. The first kappa shape index (κ1) is 37.4. The van der Waals surface area contributed by atoms with Crippen molar-refractivity contribution < 1.29 is 0 Å². The maximum Gasteiger partial charge on any atom is 0.0627 e. The highest BCUT2D eigenvalue weighted by Gasteiger charge is 2.29. The first-order valence-electron chi connectivity index (χ1n) is 23.8. The molecule has 15 aromatic rings. The zero-order valence-corrected chi connectivity index (χ0v) is 38.6. The van der Waals surface area contributed by atoms with Crippen LogP contribution in [0.1, 0.15) is 52.7 Å². The molecule has 3 nitrogen and oxygen atoms in total. The fourth-order valence-corrected chi connectivity index (χ4v) is 12.3. The summed E-state index contributed by atoms with van der Waals surface area (Å²) in [6, 6.07) is 67.1. The van der Waals surface area contributed by atoms with E-state index in [1.807, 2.05) is 0 Å². The molecule has 318 valence electrons. The molecule has 0 bridgehead atoms. The summed E-state index contributed by atoms with van der Waals surface area (Å²) in [7, 11) is 0. The SMILES string of the molecule is CC(C)(C)c1cc(-c2ccc3c(c2)c2ccccc2n3-c2ccccc2)c2c(c1)c1cc3ccccc3c3c4cc5c(cc4n2c13)c1cc(C(C)(C)C)cc2c3c4ccccc4ccc3n5c12. The van der Waals surface area contributed by atoms with Crippen molar-refractivity contribution in [3.8, 4) is 16.8 Å². The summed E-state index contributed by atoms with van der Waals surface area (Å²) in [4.78, 5) is 0. The van der Waals surface area contributed by atoms with Gasteiger partial charge in [0.15, 0.2) is 0 Å². The molecule has 0 saturated heterocycles. The number of fused-ring (bicyclic) bond motifs is 19. The lowest BCUT2D eigenvalue weighted by Gasteiger charge is -2.21. The summed E-state index contributed by atoms with van der Waals surface area (Å²) in [6.45, 7) is 14.1. The molecule has 0 fully saturated rings. The first-order valence-corrected chi connectivity index (χ1v) is 23.8. The molecule has 5 heterocycles. The minimum absolute atomic E-state index is 0.0325. The van der Waals surface area contributed by atoms with Gasteiger partial charge >= 0.3 is 0 Å². The van der Waals surface area contributed by atoms with Crippen LogP contribution in [0, 0.1) is 0 Å². The molecule has 3 heteroatoms. The van der Waals surface area contributed by atoms with Crippen molar-refractivity contribution in [1.29, 1.82) is 0 Å². The predicted molar refractivity (Wildman–Crippen MR) is 288 cm³/mol. The number of aromatic nitrogens is 3. The average molecular weight is 858 g/mol. The molecule has 0 aliphatic rings. The zero-order valence-electron chi connectivity index (χ0n) is 38.6. The number of benzene rings is 10. The second kappa shape index (κ2) is 12.5. The van der Waals surface area contributed by atoms with E-state index in [2.05, 4.69) is 231 Å². The molecule has 10 aromatic carbocycles. The van der Waals surface area contributed by atoms with Gasteiger partial charge in [-0.15, -0.1) is 0 Å². The third kappa shape index (κ3) is 4.81. The zero-order chi connectivity index (χ0) is 44.8. The highest BCUT2D eigenvalue weighted by Crippen LogP contribution is 2.51. The molecule has 0 radical (unpaired) electrons. The van der Waals surface area contributed by atoms with Crippen LogP contribution in [0.5, 0.6) is 0 Å². The number of hydrogen-bond acceptors (Lipinski definition) is 0. The van der Waals surface area contributed by atoms with E-state index in [9.17, 15) is 0 Å². The Kier molecular flexibility index (Phi) is 6.97. The molecule has 0 spiro atoms. The van der Waals surface area contributed by atoms with Gasteiger partial charge in [-0.1, -0.05) is 139 Å². The Hall–Kier alpha value is -7.88. The number of nitrogens with zero attached hydrogens (tertiary/aromatic N) is 3. The van der Waals surface area contributed by atoms with Crippen LogP contribution in [-0.4, -0.2) is 13.4 Å². The van der Waals surface area contributed by atoms with Gasteiger partial charge in [0.1, 0.15) is 0 Å². The Morgan fingerprint density at radius 2 is 0.881 bits per heavy atom. The van der Waals surface area contributed by atoms with E-state index in [4.69, 9.17) is 0 Å². The van der Waals surface area contributed by atoms with Crippen LogP contribution >= 0.6 is 0 Å². The van der Waals surface area contributed by atoms with E-state index in [0.29, 0.717) is 0 Å². The largest absolute Gasteiger partial charge is 0.309 e. The molecule has 0 saturated carbocycles. The third-order valence-corrected chi connectivity index (χ3v) is 15.5. The highest BCUT2D eigenvalue weighted by molar-refractivity contribution is 6.35. The van der Waals surface area contributed by atoms with Crippen molar-refractivity contribution in [2.24, 2.45) is 0 Å². The lowest BCUT2D eigenvalue weighted by atomic mass is 9.84. The van der Waals surface area contributed by atoms with E-state index in [0.717, 1.165) is 0 Å². The summed E-state index contributed by atoms with van der Waals surface area (Å²) in [5, 5.41) is 18.2. The fraction of sp³-hybridized carbons (Fsp3) is 0.125. The van der Waals surface area contributed by atoms with Gasteiger partial charge in [0.25, 0.3) is 0 Å². The molecule has 5 aromatic heterocycles. The van der Waals surface area contributed by atoms with Crippen molar-refractivity contribution in [2.75, 3.05) is 0 Å². The molecular weight excluding hydrogens is 811 g/mol. The second-order valence-corrected chi connectivity index (χ2v) is 21.4. The quantitative estimate of drug-likeness (QED) is 0.164. The molecule has 0 N–H and O–H groups in total. The molecule has 15 rings (SSSR count). The molecule has 0 unspecified atom stereocenters. The molecule has 0 amide bonds. The van der Waals surface area contributed by atoms with Crippen LogP contribution in [0.4, 0.5) is 0 Å². The van der Waals surface area contributed by atoms with Gasteiger partial charge in [-0.05, 0) is 128 Å². The molecule has 67 heavy (non-hydrogen) atoms. The van der Waals surface area contributed by atoms with Crippen LogP contribution in [0.2, 0.25) is 0 Å². The van der Waals surface area contributed by atoms with Crippen LogP contribution in [0.25, 0.3) is 136 Å². The smallest absolute Gasteiger partial charge is 0.0627 e. The van der Waals surface area contributed by atoms with Gasteiger partial charge < -0.3 is 13.4 Å². The number of hydrogen-bond donors (Lipinski definition) is 0.